The van der Waals surface area contributed by atoms with E-state index in [4.69, 9.17) is 0 Å². The van der Waals surface area contributed by atoms with Crippen LogP contribution in [0.2, 0.25) is 0 Å². The second-order valence-corrected chi connectivity index (χ2v) is 5.10. The molecule has 1 heterocycles. The number of aryl methyl sites for hydroxylation is 1. The molecule has 4 nitrogen and oxygen atoms in total. The summed E-state index contributed by atoms with van der Waals surface area (Å²) in [6, 6.07) is 2.02. The Morgan fingerprint density at radius 3 is 2.79 bits per heavy atom. The van der Waals surface area contributed by atoms with E-state index in [1.807, 2.05) is 33.0 Å². The van der Waals surface area contributed by atoms with Crippen molar-refractivity contribution in [3.05, 3.63) is 29.6 Å². The molecule has 1 aromatic heterocycles. The van der Waals surface area contributed by atoms with E-state index >= 15 is 0 Å². The van der Waals surface area contributed by atoms with Crippen molar-refractivity contribution in [1.82, 2.24) is 15.6 Å². The lowest BCUT2D eigenvalue weighted by Crippen LogP contribution is -2.45. The molecule has 1 aromatic rings. The third-order valence-electron chi connectivity index (χ3n) is 3.25. The lowest BCUT2D eigenvalue weighted by molar-refractivity contribution is -0.123. The molecule has 0 aliphatic heterocycles. The normalized spacial score (nSPS) is 13.9. The fourth-order valence-corrected chi connectivity index (χ4v) is 1.91. The van der Waals surface area contributed by atoms with Crippen LogP contribution >= 0.6 is 0 Å². The van der Waals surface area contributed by atoms with Crippen molar-refractivity contribution in [1.29, 1.82) is 0 Å². The van der Waals surface area contributed by atoms with Crippen molar-refractivity contribution in [3.63, 3.8) is 0 Å². The molecule has 2 unspecified atom stereocenters. The highest BCUT2D eigenvalue weighted by molar-refractivity contribution is 5.81. The standard InChI is InChI=1S/C15H25N3O/c1-5-6-12(3)18-15(19)13(4)17-10-14-9-16-8-7-11(14)2/h7-9,12-13,17H,5-6,10H2,1-4H3,(H,18,19). The minimum atomic E-state index is -0.195. The highest BCUT2D eigenvalue weighted by atomic mass is 16.2. The molecule has 0 aliphatic carbocycles. The van der Waals surface area contributed by atoms with Gasteiger partial charge in [-0.25, -0.2) is 0 Å². The lowest BCUT2D eigenvalue weighted by Gasteiger charge is -2.18. The quantitative estimate of drug-likeness (QED) is 0.792. The number of nitrogens with zero attached hydrogens (tertiary/aromatic N) is 1. The van der Waals surface area contributed by atoms with Crippen LogP contribution in [0.3, 0.4) is 0 Å². The molecule has 0 saturated heterocycles. The van der Waals surface area contributed by atoms with Gasteiger partial charge in [0, 0.05) is 25.0 Å². The van der Waals surface area contributed by atoms with E-state index in [0.29, 0.717) is 6.54 Å². The van der Waals surface area contributed by atoms with E-state index in [2.05, 4.69) is 22.5 Å². The van der Waals surface area contributed by atoms with Crippen molar-refractivity contribution in [2.45, 2.75) is 59.2 Å². The average molecular weight is 263 g/mol. The molecule has 0 saturated carbocycles. The molecule has 19 heavy (non-hydrogen) atoms. The number of carbonyl (C=O) groups excluding carboxylic acids is 1. The molecule has 0 spiro atoms. The van der Waals surface area contributed by atoms with Crippen molar-refractivity contribution < 1.29 is 4.79 Å². The summed E-state index contributed by atoms with van der Waals surface area (Å²) < 4.78 is 0. The number of amides is 1. The van der Waals surface area contributed by atoms with Gasteiger partial charge in [0.2, 0.25) is 5.91 Å². The van der Waals surface area contributed by atoms with Gasteiger partial charge in [0.25, 0.3) is 0 Å². The van der Waals surface area contributed by atoms with Crippen molar-refractivity contribution in [3.8, 4) is 0 Å². The smallest absolute Gasteiger partial charge is 0.237 e. The predicted octanol–water partition coefficient (Wildman–Crippen LogP) is 2.17. The van der Waals surface area contributed by atoms with E-state index in [1.54, 1.807) is 6.20 Å². The summed E-state index contributed by atoms with van der Waals surface area (Å²) in [6.45, 7) is 8.76. The van der Waals surface area contributed by atoms with Gasteiger partial charge in [0.15, 0.2) is 0 Å². The molecule has 2 atom stereocenters. The Kier molecular flexibility index (Phi) is 6.50. The molecule has 106 valence electrons. The number of rotatable bonds is 7. The number of pyridine rings is 1. The monoisotopic (exact) mass is 263 g/mol. The van der Waals surface area contributed by atoms with Crippen molar-refractivity contribution in [2.75, 3.05) is 0 Å². The average Bonchev–Trinajstić information content (AvgIpc) is 2.37. The summed E-state index contributed by atoms with van der Waals surface area (Å²) in [4.78, 5) is 16.0. The predicted molar refractivity (Wildman–Crippen MR) is 77.8 cm³/mol. The van der Waals surface area contributed by atoms with E-state index in [9.17, 15) is 4.79 Å². The SMILES string of the molecule is CCCC(C)NC(=O)C(C)NCc1cnccc1C. The topological polar surface area (TPSA) is 54.0 Å². The van der Waals surface area contributed by atoms with Crippen LogP contribution in [0.15, 0.2) is 18.5 Å². The zero-order chi connectivity index (χ0) is 14.3. The summed E-state index contributed by atoms with van der Waals surface area (Å²) in [5.41, 5.74) is 2.32. The van der Waals surface area contributed by atoms with Crippen LogP contribution < -0.4 is 10.6 Å². The molecular formula is C15H25N3O. The maximum atomic E-state index is 11.9. The molecule has 0 radical (unpaired) electrons. The molecule has 0 aliphatic rings. The van der Waals surface area contributed by atoms with Gasteiger partial charge in [0.05, 0.1) is 6.04 Å². The summed E-state index contributed by atoms with van der Waals surface area (Å²) in [7, 11) is 0. The van der Waals surface area contributed by atoms with Gasteiger partial charge in [-0.1, -0.05) is 13.3 Å². The maximum Gasteiger partial charge on any atom is 0.237 e. The number of aromatic nitrogens is 1. The second kappa shape index (κ2) is 7.89. The summed E-state index contributed by atoms with van der Waals surface area (Å²) >= 11 is 0. The van der Waals surface area contributed by atoms with Crippen molar-refractivity contribution >= 4 is 5.91 Å². The molecule has 1 amide bonds. The van der Waals surface area contributed by atoms with Gasteiger partial charge in [-0.2, -0.15) is 0 Å². The first-order valence-corrected chi connectivity index (χ1v) is 6.97. The minimum absolute atomic E-state index is 0.0579. The van der Waals surface area contributed by atoms with Crippen LogP contribution in [0.1, 0.15) is 44.7 Å². The number of hydrogen-bond acceptors (Lipinski definition) is 3. The van der Waals surface area contributed by atoms with E-state index in [-0.39, 0.29) is 18.0 Å². The summed E-state index contributed by atoms with van der Waals surface area (Å²) in [5, 5.41) is 6.25. The molecule has 0 fully saturated rings. The van der Waals surface area contributed by atoms with E-state index in [0.717, 1.165) is 18.4 Å². The fraction of sp³-hybridized carbons (Fsp3) is 0.600. The third kappa shape index (κ3) is 5.39. The summed E-state index contributed by atoms with van der Waals surface area (Å²) in [6.07, 6.45) is 5.71. The first-order valence-electron chi connectivity index (χ1n) is 6.97. The first kappa shape index (κ1) is 15.6. The molecule has 2 N–H and O–H groups in total. The molecule has 0 bridgehead atoms. The number of hydrogen-bond donors (Lipinski definition) is 2. The van der Waals surface area contributed by atoms with E-state index < -0.39 is 0 Å². The summed E-state index contributed by atoms with van der Waals surface area (Å²) in [5.74, 6) is 0.0579. The van der Waals surface area contributed by atoms with Crippen LogP contribution in [-0.2, 0) is 11.3 Å². The highest BCUT2D eigenvalue weighted by Crippen LogP contribution is 2.04. The minimum Gasteiger partial charge on any atom is -0.352 e. The third-order valence-corrected chi connectivity index (χ3v) is 3.25. The Morgan fingerprint density at radius 1 is 1.42 bits per heavy atom. The number of nitrogens with one attached hydrogen (secondary N) is 2. The Bertz CT molecular complexity index is 406. The van der Waals surface area contributed by atoms with Gasteiger partial charge >= 0.3 is 0 Å². The van der Waals surface area contributed by atoms with Crippen LogP contribution in [0, 0.1) is 6.92 Å². The highest BCUT2D eigenvalue weighted by Gasteiger charge is 2.14. The number of carbonyl (C=O) groups is 1. The Morgan fingerprint density at radius 2 is 2.16 bits per heavy atom. The largest absolute Gasteiger partial charge is 0.352 e. The zero-order valence-corrected chi connectivity index (χ0v) is 12.4. The van der Waals surface area contributed by atoms with Crippen LogP contribution in [-0.4, -0.2) is 23.0 Å². The van der Waals surface area contributed by atoms with Gasteiger partial charge in [-0.15, -0.1) is 0 Å². The van der Waals surface area contributed by atoms with E-state index in [1.165, 1.54) is 5.56 Å². The van der Waals surface area contributed by atoms with Crippen LogP contribution in [0.4, 0.5) is 0 Å². The maximum absolute atomic E-state index is 11.9. The molecule has 4 heteroatoms. The van der Waals surface area contributed by atoms with Gasteiger partial charge < -0.3 is 10.6 Å². The zero-order valence-electron chi connectivity index (χ0n) is 12.4. The Labute approximate surface area is 116 Å². The van der Waals surface area contributed by atoms with Gasteiger partial charge in [-0.05, 0) is 44.4 Å². The Balaban J connectivity index is 2.40. The second-order valence-electron chi connectivity index (χ2n) is 5.10. The van der Waals surface area contributed by atoms with Gasteiger partial charge in [-0.3, -0.25) is 9.78 Å². The van der Waals surface area contributed by atoms with Gasteiger partial charge in [0.1, 0.15) is 0 Å². The molecule has 0 aromatic carbocycles. The fourth-order valence-electron chi connectivity index (χ4n) is 1.91. The lowest BCUT2D eigenvalue weighted by atomic mass is 10.1. The van der Waals surface area contributed by atoms with Crippen molar-refractivity contribution in [2.24, 2.45) is 0 Å². The first-order chi connectivity index (χ1) is 9.04. The molecular weight excluding hydrogens is 238 g/mol. The van der Waals surface area contributed by atoms with Crippen LogP contribution in [0.25, 0.3) is 0 Å². The van der Waals surface area contributed by atoms with Crippen LogP contribution in [0.5, 0.6) is 0 Å². The Hall–Kier alpha value is -1.42. The molecule has 1 rings (SSSR count).